The van der Waals surface area contributed by atoms with E-state index in [0.29, 0.717) is 11.5 Å². The van der Waals surface area contributed by atoms with Gasteiger partial charge in [-0.05, 0) is 29.4 Å². The van der Waals surface area contributed by atoms with Gasteiger partial charge < -0.3 is 9.84 Å². The number of carboxylic acids is 1. The monoisotopic (exact) mass is 423 g/mol. The van der Waals surface area contributed by atoms with Crippen LogP contribution in [-0.4, -0.2) is 38.9 Å². The average Bonchev–Trinajstić information content (AvgIpc) is 2.99. The lowest BCUT2D eigenvalue weighted by Gasteiger charge is -2.23. The Balaban J connectivity index is 1.59. The molecule has 0 aromatic heterocycles. The molecule has 7 heteroatoms. The van der Waals surface area contributed by atoms with Gasteiger partial charge in [0.25, 0.3) is 5.91 Å². The molecule has 4 rings (SSSR count). The molecule has 2 aromatic rings. The zero-order valence-corrected chi connectivity index (χ0v) is 16.9. The van der Waals surface area contributed by atoms with Crippen LogP contribution in [0, 0.1) is 0 Å². The summed E-state index contributed by atoms with van der Waals surface area (Å²) >= 11 is 6.47. The molecular weight excluding hydrogens is 406 g/mol. The summed E-state index contributed by atoms with van der Waals surface area (Å²) in [5.74, 6) is -0.672. The zero-order chi connectivity index (χ0) is 20.4. The van der Waals surface area contributed by atoms with Gasteiger partial charge in [-0.1, -0.05) is 72.5 Å². The third kappa shape index (κ3) is 4.11. The second kappa shape index (κ2) is 8.23. The van der Waals surface area contributed by atoms with Gasteiger partial charge in [-0.15, -0.1) is 0 Å². The number of carbonyl (C=O) groups excluding carboxylic acids is 1. The number of thiocarbonyl (C=S) groups is 1. The largest absolute Gasteiger partial charge is 0.488 e. The van der Waals surface area contributed by atoms with E-state index in [4.69, 9.17) is 17.0 Å². The molecule has 1 amide bonds. The molecule has 146 valence electrons. The van der Waals surface area contributed by atoms with Gasteiger partial charge in [0.15, 0.2) is 0 Å². The number of nitrogens with zero attached hydrogens (tertiary/aromatic N) is 1. The first-order valence-corrected chi connectivity index (χ1v) is 10.2. The minimum Gasteiger partial charge on any atom is -0.488 e. The number of thioether (sulfide) groups is 1. The molecule has 2 aliphatic rings. The van der Waals surface area contributed by atoms with Crippen LogP contribution in [0.3, 0.4) is 0 Å². The number of ether oxygens (including phenoxy) is 1. The maximum atomic E-state index is 13.0. The topological polar surface area (TPSA) is 66.8 Å². The number of hydrogen-bond acceptors (Lipinski definition) is 5. The van der Waals surface area contributed by atoms with Crippen molar-refractivity contribution in [3.8, 4) is 5.75 Å². The fourth-order valence-electron chi connectivity index (χ4n) is 3.26. The molecule has 1 N–H and O–H groups in total. The maximum absolute atomic E-state index is 13.0. The molecule has 0 spiro atoms. The summed E-state index contributed by atoms with van der Waals surface area (Å²) in [6.45, 7) is 0.341. The zero-order valence-electron chi connectivity index (χ0n) is 15.3. The van der Waals surface area contributed by atoms with Gasteiger partial charge in [-0.25, -0.2) is 4.79 Å². The van der Waals surface area contributed by atoms with Gasteiger partial charge in [-0.3, -0.25) is 9.69 Å². The van der Waals surface area contributed by atoms with Crippen molar-refractivity contribution in [1.82, 2.24) is 4.90 Å². The van der Waals surface area contributed by atoms with Crippen molar-refractivity contribution in [2.75, 3.05) is 6.61 Å². The number of aliphatic carboxylic acids is 1. The number of amides is 1. The summed E-state index contributed by atoms with van der Waals surface area (Å²) in [5.41, 5.74) is 2.60. The number of benzene rings is 2. The Morgan fingerprint density at radius 2 is 1.93 bits per heavy atom. The Morgan fingerprint density at radius 1 is 1.21 bits per heavy atom. The molecule has 0 radical (unpaired) electrons. The predicted molar refractivity (Wildman–Crippen MR) is 117 cm³/mol. The molecule has 29 heavy (non-hydrogen) atoms. The van der Waals surface area contributed by atoms with Crippen molar-refractivity contribution in [2.45, 2.75) is 12.5 Å². The highest BCUT2D eigenvalue weighted by Crippen LogP contribution is 2.35. The normalized spacial score (nSPS) is 18.3. The Labute approximate surface area is 177 Å². The smallest absolute Gasteiger partial charge is 0.327 e. The van der Waals surface area contributed by atoms with Gasteiger partial charge in [0, 0.05) is 12.0 Å². The van der Waals surface area contributed by atoms with Crippen LogP contribution < -0.4 is 4.74 Å². The molecular formula is C22H17NO4S2. The second-order valence-corrected chi connectivity index (χ2v) is 8.32. The Hall–Kier alpha value is -2.90. The lowest BCUT2D eigenvalue weighted by molar-refractivity contribution is -0.145. The third-order valence-electron chi connectivity index (χ3n) is 4.66. The van der Waals surface area contributed by atoms with Crippen LogP contribution in [0.2, 0.25) is 0 Å². The first-order chi connectivity index (χ1) is 14.0. The summed E-state index contributed by atoms with van der Waals surface area (Å²) in [4.78, 5) is 26.5. The molecule has 0 bridgehead atoms. The lowest BCUT2D eigenvalue weighted by Crippen LogP contribution is -2.45. The first kappa shape index (κ1) is 19.4. The van der Waals surface area contributed by atoms with Crippen LogP contribution >= 0.6 is 24.0 Å². The maximum Gasteiger partial charge on any atom is 0.327 e. The highest BCUT2D eigenvalue weighted by Gasteiger charge is 2.40. The summed E-state index contributed by atoms with van der Waals surface area (Å²) < 4.78 is 5.98. The molecule has 1 atom stereocenters. The number of rotatable bonds is 5. The van der Waals surface area contributed by atoms with E-state index in [1.54, 1.807) is 6.08 Å². The van der Waals surface area contributed by atoms with Gasteiger partial charge in [0.1, 0.15) is 22.7 Å². The second-order valence-electron chi connectivity index (χ2n) is 6.64. The fourth-order valence-corrected chi connectivity index (χ4v) is 4.63. The van der Waals surface area contributed by atoms with Crippen molar-refractivity contribution in [2.24, 2.45) is 0 Å². The van der Waals surface area contributed by atoms with Crippen molar-refractivity contribution < 1.29 is 19.4 Å². The molecule has 1 saturated heterocycles. The quantitative estimate of drug-likeness (QED) is 0.581. The van der Waals surface area contributed by atoms with E-state index in [9.17, 15) is 14.7 Å². The molecule has 0 aliphatic carbocycles. The number of carbonyl (C=O) groups is 2. The molecule has 5 nitrogen and oxygen atoms in total. The van der Waals surface area contributed by atoms with Crippen molar-refractivity contribution >= 4 is 46.3 Å². The van der Waals surface area contributed by atoms with E-state index in [1.165, 1.54) is 4.90 Å². The molecule has 2 aromatic carbocycles. The van der Waals surface area contributed by atoms with E-state index in [0.717, 1.165) is 34.2 Å². The number of hydrogen-bond donors (Lipinski definition) is 1. The van der Waals surface area contributed by atoms with Crippen LogP contribution in [0.5, 0.6) is 5.75 Å². The Kier molecular flexibility index (Phi) is 5.51. The minimum absolute atomic E-state index is 0.190. The summed E-state index contributed by atoms with van der Waals surface area (Å²) in [6, 6.07) is 15.8. The fraction of sp³-hybridized carbons (Fsp3) is 0.136. The number of para-hydroxylation sites is 1. The van der Waals surface area contributed by atoms with Crippen LogP contribution in [0.4, 0.5) is 0 Å². The van der Waals surface area contributed by atoms with Gasteiger partial charge >= 0.3 is 5.97 Å². The van der Waals surface area contributed by atoms with Gasteiger partial charge in [0.2, 0.25) is 0 Å². The van der Waals surface area contributed by atoms with Crippen LogP contribution in [-0.2, 0) is 16.0 Å². The third-order valence-corrected chi connectivity index (χ3v) is 5.99. The molecule has 0 unspecified atom stereocenters. The molecule has 2 aliphatic heterocycles. The van der Waals surface area contributed by atoms with Gasteiger partial charge in [0.05, 0.1) is 4.91 Å². The highest BCUT2D eigenvalue weighted by atomic mass is 32.2. The van der Waals surface area contributed by atoms with Crippen LogP contribution in [0.15, 0.2) is 71.2 Å². The minimum atomic E-state index is -1.08. The Bertz CT molecular complexity index is 1050. The Morgan fingerprint density at radius 3 is 2.69 bits per heavy atom. The van der Waals surface area contributed by atoms with Crippen LogP contribution in [0.1, 0.15) is 11.1 Å². The SMILES string of the molecule is O=C(O)[C@@H](Cc1ccccc1)N1C(=O)/C(=C\C2=Cc3ccccc3OC2)SC1=S. The van der Waals surface area contributed by atoms with Gasteiger partial charge in [-0.2, -0.15) is 0 Å². The molecule has 0 saturated carbocycles. The summed E-state index contributed by atoms with van der Waals surface area (Å²) in [6.07, 6.45) is 3.88. The highest BCUT2D eigenvalue weighted by molar-refractivity contribution is 8.26. The van der Waals surface area contributed by atoms with Crippen molar-refractivity contribution in [1.29, 1.82) is 0 Å². The predicted octanol–water partition coefficient (Wildman–Crippen LogP) is 3.90. The molecule has 2 heterocycles. The van der Waals surface area contributed by atoms with Crippen molar-refractivity contribution in [3.63, 3.8) is 0 Å². The van der Waals surface area contributed by atoms with E-state index in [2.05, 4.69) is 0 Å². The van der Waals surface area contributed by atoms with E-state index < -0.39 is 12.0 Å². The summed E-state index contributed by atoms with van der Waals surface area (Å²) in [5, 5.41) is 9.73. The standard InChI is InChI=1S/C22H17NO4S2/c24-20-19(12-15-10-16-8-4-5-9-18(16)27-13-15)29-22(28)23(20)17(21(25)26)11-14-6-2-1-3-7-14/h1-10,12,17H,11,13H2,(H,25,26)/b19-12+/t17-/m1/s1. The van der Waals surface area contributed by atoms with E-state index >= 15 is 0 Å². The number of fused-ring (bicyclic) bond motifs is 1. The van der Waals surface area contributed by atoms with Crippen molar-refractivity contribution in [3.05, 3.63) is 82.3 Å². The number of carboxylic acid groups (broad SMARTS) is 1. The van der Waals surface area contributed by atoms with E-state index in [1.807, 2.05) is 60.7 Å². The van der Waals surface area contributed by atoms with E-state index in [-0.39, 0.29) is 16.6 Å². The lowest BCUT2D eigenvalue weighted by atomic mass is 10.0. The van der Waals surface area contributed by atoms with Crippen LogP contribution in [0.25, 0.3) is 6.08 Å². The summed E-state index contributed by atoms with van der Waals surface area (Å²) in [7, 11) is 0. The molecule has 1 fully saturated rings. The average molecular weight is 424 g/mol. The first-order valence-electron chi connectivity index (χ1n) is 8.99.